The van der Waals surface area contributed by atoms with Crippen LogP contribution in [0.4, 0.5) is 0 Å². The number of hydrogen-bond acceptors (Lipinski definition) is 6. The van der Waals surface area contributed by atoms with Crippen LogP contribution < -0.4 is 0 Å². The first kappa shape index (κ1) is 13.6. The van der Waals surface area contributed by atoms with Crippen molar-refractivity contribution in [3.8, 4) is 0 Å². The predicted octanol–water partition coefficient (Wildman–Crippen LogP) is 2.69. The van der Waals surface area contributed by atoms with Crippen molar-refractivity contribution < 1.29 is 19.8 Å². The number of aliphatic hydroxyl groups is 2. The first-order valence-electron chi connectivity index (χ1n) is 6.12. The smallest absolute Gasteiger partial charge is 0.205 e. The maximum Gasteiger partial charge on any atom is 0.205 e. The Bertz CT molecular complexity index is 718. The summed E-state index contributed by atoms with van der Waals surface area (Å²) in [4.78, 5) is 26.3. The van der Waals surface area contributed by atoms with Crippen molar-refractivity contribution in [2.45, 2.75) is 26.1 Å². The molecule has 6 heteroatoms. The summed E-state index contributed by atoms with van der Waals surface area (Å²) in [5.41, 5.74) is 1.19. The van der Waals surface area contributed by atoms with Gasteiger partial charge in [0, 0.05) is 16.0 Å². The molecule has 0 saturated heterocycles. The Morgan fingerprint density at radius 2 is 1.75 bits per heavy atom. The average Bonchev–Trinajstić information content (AvgIpc) is 3.00. The van der Waals surface area contributed by atoms with E-state index in [1.54, 1.807) is 25.3 Å². The molecule has 2 aromatic rings. The molecule has 1 aliphatic rings. The second-order valence-electron chi connectivity index (χ2n) is 4.80. The Labute approximate surface area is 123 Å². The minimum atomic E-state index is -0.788. The molecule has 20 heavy (non-hydrogen) atoms. The summed E-state index contributed by atoms with van der Waals surface area (Å²) in [6.45, 7) is 3.18. The molecule has 0 bridgehead atoms. The highest BCUT2D eigenvalue weighted by Gasteiger charge is 2.36. The van der Waals surface area contributed by atoms with Crippen molar-refractivity contribution >= 4 is 34.2 Å². The lowest BCUT2D eigenvalue weighted by atomic mass is 9.91. The first-order chi connectivity index (χ1) is 9.41. The predicted molar refractivity (Wildman–Crippen MR) is 76.8 cm³/mol. The van der Waals surface area contributed by atoms with Gasteiger partial charge in [-0.25, -0.2) is 0 Å². The molecule has 0 radical (unpaired) electrons. The maximum atomic E-state index is 12.5. The van der Waals surface area contributed by atoms with E-state index in [2.05, 4.69) is 0 Å². The third-order valence-electron chi connectivity index (χ3n) is 3.32. The zero-order chi connectivity index (χ0) is 14.6. The van der Waals surface area contributed by atoms with Gasteiger partial charge < -0.3 is 10.2 Å². The number of rotatable bonds is 2. The molecule has 0 aliphatic heterocycles. The fourth-order valence-corrected chi connectivity index (χ4v) is 4.41. The highest BCUT2D eigenvalue weighted by Crippen LogP contribution is 2.40. The van der Waals surface area contributed by atoms with E-state index >= 15 is 0 Å². The van der Waals surface area contributed by atoms with Crippen molar-refractivity contribution in [2.75, 3.05) is 0 Å². The lowest BCUT2D eigenvalue weighted by Gasteiger charge is -2.12. The largest absolute Gasteiger partial charge is 0.389 e. The highest BCUT2D eigenvalue weighted by atomic mass is 32.1. The molecular formula is C14H12O4S2. The summed E-state index contributed by atoms with van der Waals surface area (Å²) in [5.74, 6) is -0.432. The fourth-order valence-electron chi connectivity index (χ4n) is 2.27. The summed E-state index contributed by atoms with van der Waals surface area (Å²) in [7, 11) is 0. The second kappa shape index (κ2) is 4.60. The van der Waals surface area contributed by atoms with Crippen LogP contribution in [0.2, 0.25) is 0 Å². The van der Waals surface area contributed by atoms with Gasteiger partial charge in [-0.05, 0) is 25.3 Å². The summed E-state index contributed by atoms with van der Waals surface area (Å²) < 4.78 is 0. The molecule has 2 aromatic heterocycles. The van der Waals surface area contributed by atoms with E-state index < -0.39 is 12.2 Å². The van der Waals surface area contributed by atoms with Crippen LogP contribution in [-0.2, 0) is 0 Å². The van der Waals surface area contributed by atoms with Crippen molar-refractivity contribution in [2.24, 2.45) is 0 Å². The molecule has 0 saturated carbocycles. The van der Waals surface area contributed by atoms with E-state index in [0.717, 1.165) is 11.3 Å². The van der Waals surface area contributed by atoms with E-state index in [9.17, 15) is 19.8 Å². The van der Waals surface area contributed by atoms with Gasteiger partial charge in [-0.2, -0.15) is 0 Å². The van der Waals surface area contributed by atoms with Crippen LogP contribution in [0.25, 0.3) is 0 Å². The van der Waals surface area contributed by atoms with Crippen LogP contribution in [0.3, 0.4) is 0 Å². The molecule has 104 valence electrons. The van der Waals surface area contributed by atoms with Crippen molar-refractivity contribution in [1.82, 2.24) is 0 Å². The zero-order valence-electron chi connectivity index (χ0n) is 10.8. The molecule has 2 N–H and O–H groups in total. The number of carbonyl (C=O) groups is 2. The molecule has 0 amide bonds. The first-order valence-corrected chi connectivity index (χ1v) is 7.82. The van der Waals surface area contributed by atoms with Gasteiger partial charge in [0.25, 0.3) is 0 Å². The summed E-state index contributed by atoms with van der Waals surface area (Å²) in [6, 6.07) is 1.59. The number of fused-ring (bicyclic) bond motifs is 2. The molecule has 3 rings (SSSR count). The number of thiophene rings is 2. The van der Waals surface area contributed by atoms with E-state index in [0.29, 0.717) is 31.3 Å². The van der Waals surface area contributed by atoms with Crippen molar-refractivity contribution in [3.63, 3.8) is 0 Å². The highest BCUT2D eigenvalue weighted by molar-refractivity contribution is 7.16. The molecule has 2 atom stereocenters. The van der Waals surface area contributed by atoms with E-state index in [-0.39, 0.29) is 11.6 Å². The zero-order valence-corrected chi connectivity index (χ0v) is 12.5. The minimum absolute atomic E-state index is 0.199. The van der Waals surface area contributed by atoms with Gasteiger partial charge in [0.15, 0.2) is 0 Å². The Morgan fingerprint density at radius 3 is 2.35 bits per heavy atom. The molecule has 0 spiro atoms. The molecule has 1 aliphatic carbocycles. The van der Waals surface area contributed by atoms with Crippen LogP contribution in [0.15, 0.2) is 11.4 Å². The summed E-state index contributed by atoms with van der Waals surface area (Å²) in [6.07, 6.45) is -1.50. The van der Waals surface area contributed by atoms with Crippen LogP contribution in [0, 0.1) is 0 Å². The maximum absolute atomic E-state index is 12.5. The van der Waals surface area contributed by atoms with Gasteiger partial charge in [-0.15, -0.1) is 22.7 Å². The number of hydrogen-bond donors (Lipinski definition) is 2. The number of aliphatic hydroxyl groups excluding tert-OH is 2. The van der Waals surface area contributed by atoms with Crippen LogP contribution in [0.5, 0.6) is 0 Å². The monoisotopic (exact) mass is 308 g/mol. The van der Waals surface area contributed by atoms with Gasteiger partial charge in [-0.3, -0.25) is 9.59 Å². The molecule has 4 nitrogen and oxygen atoms in total. The molecule has 0 unspecified atom stereocenters. The van der Waals surface area contributed by atoms with Gasteiger partial charge >= 0.3 is 0 Å². The number of ketones is 2. The van der Waals surface area contributed by atoms with Gasteiger partial charge in [0.05, 0.1) is 27.5 Å². The topological polar surface area (TPSA) is 74.6 Å². The Morgan fingerprint density at radius 1 is 1.05 bits per heavy atom. The van der Waals surface area contributed by atoms with Crippen LogP contribution in [0.1, 0.15) is 67.0 Å². The summed E-state index contributed by atoms with van der Waals surface area (Å²) in [5, 5.41) is 21.0. The Balaban J connectivity index is 2.21. The molecular weight excluding hydrogens is 296 g/mol. The summed E-state index contributed by atoms with van der Waals surface area (Å²) >= 11 is 2.33. The van der Waals surface area contributed by atoms with Gasteiger partial charge in [0.1, 0.15) is 0 Å². The van der Waals surface area contributed by atoms with Crippen LogP contribution >= 0.6 is 22.7 Å². The normalized spacial score (nSPS) is 16.8. The number of carbonyl (C=O) groups excluding carboxylic acids is 2. The minimum Gasteiger partial charge on any atom is -0.389 e. The van der Waals surface area contributed by atoms with Gasteiger partial charge in [-0.1, -0.05) is 0 Å². The van der Waals surface area contributed by atoms with Crippen LogP contribution in [-0.4, -0.2) is 21.8 Å². The fraction of sp³-hybridized carbons (Fsp3) is 0.286. The third kappa shape index (κ3) is 1.80. The molecule has 0 aromatic carbocycles. The Hall–Kier alpha value is -1.34. The molecule has 2 heterocycles. The van der Waals surface area contributed by atoms with E-state index in [4.69, 9.17) is 0 Å². The lowest BCUT2D eigenvalue weighted by Crippen LogP contribution is -2.18. The average molecular weight is 308 g/mol. The Kier molecular flexibility index (Phi) is 3.13. The lowest BCUT2D eigenvalue weighted by molar-refractivity contribution is 0.0982. The standard InChI is InChI=1S/C14H12O4S2/c1-5(15)8-4-19-14-10(8)12(18)13-7(11(14)17)3-9(20-13)6(2)16/h3-6,15-16H,1-2H3/t5-,6-/m0/s1. The van der Waals surface area contributed by atoms with E-state index in [1.807, 2.05) is 0 Å². The third-order valence-corrected chi connectivity index (χ3v) is 5.62. The van der Waals surface area contributed by atoms with E-state index in [1.165, 1.54) is 11.3 Å². The second-order valence-corrected chi connectivity index (χ2v) is 6.76. The SMILES string of the molecule is C[C@H](O)c1cc2c(s1)C(=O)c1c([C@H](C)O)csc1C2=O. The van der Waals surface area contributed by atoms with Crippen molar-refractivity contribution in [3.05, 3.63) is 42.8 Å². The van der Waals surface area contributed by atoms with Gasteiger partial charge in [0.2, 0.25) is 11.6 Å². The van der Waals surface area contributed by atoms with Crippen molar-refractivity contribution in [1.29, 1.82) is 0 Å². The molecule has 0 fully saturated rings. The quantitative estimate of drug-likeness (QED) is 0.763.